The third kappa shape index (κ3) is 5.55. The number of amides is 1. The van der Waals surface area contributed by atoms with E-state index in [4.69, 9.17) is 4.74 Å². The monoisotopic (exact) mass is 311 g/mol. The van der Waals surface area contributed by atoms with E-state index in [0.29, 0.717) is 32.7 Å². The molecule has 2 rings (SSSR count). The minimum Gasteiger partial charge on any atom is -0.772 e. The maximum absolute atomic E-state index is 12.3. The lowest BCUT2D eigenvalue weighted by atomic mass is 10.0. The summed E-state index contributed by atoms with van der Waals surface area (Å²) in [7, 11) is 0. The maximum atomic E-state index is 12.3. The van der Waals surface area contributed by atoms with Crippen LogP contribution in [0, 0.1) is 5.92 Å². The lowest BCUT2D eigenvalue weighted by Gasteiger charge is -2.29. The van der Waals surface area contributed by atoms with Crippen LogP contribution < -0.4 is 5.43 Å². The number of ether oxygens (including phenoxy) is 1. The second-order valence-corrected chi connectivity index (χ2v) is 5.87. The van der Waals surface area contributed by atoms with Crippen molar-refractivity contribution >= 4 is 17.0 Å². The van der Waals surface area contributed by atoms with Crippen molar-refractivity contribution in [1.82, 2.24) is 10.4 Å². The van der Waals surface area contributed by atoms with E-state index in [1.165, 1.54) is 0 Å². The van der Waals surface area contributed by atoms with Gasteiger partial charge in [0.25, 0.3) is 0 Å². The SMILES string of the molecule is O=C(NN1CCOCC1)C(Cc1ccccc1)CS(=O)[O-]. The zero-order chi connectivity index (χ0) is 15.1. The van der Waals surface area contributed by atoms with Gasteiger partial charge in [0, 0.05) is 18.8 Å². The van der Waals surface area contributed by atoms with Crippen LogP contribution in [-0.2, 0) is 27.0 Å². The van der Waals surface area contributed by atoms with E-state index in [-0.39, 0.29) is 11.7 Å². The summed E-state index contributed by atoms with van der Waals surface area (Å²) in [6.45, 7) is 2.36. The molecule has 1 fully saturated rings. The molecule has 2 unspecified atom stereocenters. The second kappa shape index (κ2) is 8.23. The van der Waals surface area contributed by atoms with Gasteiger partial charge in [0.2, 0.25) is 5.91 Å². The van der Waals surface area contributed by atoms with Crippen molar-refractivity contribution in [2.45, 2.75) is 6.42 Å². The molecule has 1 heterocycles. The summed E-state index contributed by atoms with van der Waals surface area (Å²) in [6, 6.07) is 9.42. The van der Waals surface area contributed by atoms with E-state index in [2.05, 4.69) is 5.43 Å². The van der Waals surface area contributed by atoms with Crippen molar-refractivity contribution in [1.29, 1.82) is 0 Å². The normalized spacial score (nSPS) is 18.9. The van der Waals surface area contributed by atoms with Gasteiger partial charge in [0.05, 0.1) is 19.1 Å². The highest BCUT2D eigenvalue weighted by Gasteiger charge is 2.22. The molecule has 1 N–H and O–H groups in total. The first-order chi connectivity index (χ1) is 10.1. The summed E-state index contributed by atoms with van der Waals surface area (Å²) in [5, 5.41) is 1.78. The number of carbonyl (C=O) groups excluding carboxylic acids is 1. The first-order valence-corrected chi connectivity index (χ1v) is 8.12. The largest absolute Gasteiger partial charge is 0.772 e. The lowest BCUT2D eigenvalue weighted by molar-refractivity contribution is -0.131. The first kappa shape index (κ1) is 16.1. The van der Waals surface area contributed by atoms with Gasteiger partial charge in [0.1, 0.15) is 0 Å². The Morgan fingerprint density at radius 1 is 1.33 bits per heavy atom. The molecule has 0 bridgehead atoms. The molecule has 1 aromatic rings. The fourth-order valence-electron chi connectivity index (χ4n) is 2.21. The number of hydrazine groups is 1. The van der Waals surface area contributed by atoms with E-state index in [1.54, 1.807) is 5.01 Å². The number of nitrogens with one attached hydrogen (secondary N) is 1. The van der Waals surface area contributed by atoms with Crippen LogP contribution in [0.5, 0.6) is 0 Å². The third-order valence-electron chi connectivity index (χ3n) is 3.31. The smallest absolute Gasteiger partial charge is 0.238 e. The molecule has 0 saturated carbocycles. The highest BCUT2D eigenvalue weighted by molar-refractivity contribution is 7.79. The molecule has 1 saturated heterocycles. The van der Waals surface area contributed by atoms with Crippen LogP contribution >= 0.6 is 0 Å². The summed E-state index contributed by atoms with van der Waals surface area (Å²) in [5.41, 5.74) is 3.73. The van der Waals surface area contributed by atoms with Crippen molar-refractivity contribution in [3.63, 3.8) is 0 Å². The van der Waals surface area contributed by atoms with E-state index in [9.17, 15) is 13.6 Å². The molecule has 1 aliphatic heterocycles. The molecule has 6 nitrogen and oxygen atoms in total. The summed E-state index contributed by atoms with van der Waals surface area (Å²) in [6.07, 6.45) is 0.408. The van der Waals surface area contributed by atoms with E-state index in [0.717, 1.165) is 5.56 Å². The average Bonchev–Trinajstić information content (AvgIpc) is 2.48. The average molecular weight is 311 g/mol. The Morgan fingerprint density at radius 2 is 2.00 bits per heavy atom. The molecule has 0 radical (unpaired) electrons. The van der Waals surface area contributed by atoms with Crippen LogP contribution in [0.25, 0.3) is 0 Å². The Morgan fingerprint density at radius 3 is 2.62 bits per heavy atom. The fraction of sp³-hybridized carbons (Fsp3) is 0.500. The maximum Gasteiger partial charge on any atom is 0.238 e. The van der Waals surface area contributed by atoms with Gasteiger partial charge >= 0.3 is 0 Å². The van der Waals surface area contributed by atoms with Crippen LogP contribution in [0.4, 0.5) is 0 Å². The highest BCUT2D eigenvalue weighted by atomic mass is 32.2. The summed E-state index contributed by atoms with van der Waals surface area (Å²) in [5.74, 6) is -1.02. The van der Waals surface area contributed by atoms with Gasteiger partial charge in [-0.1, -0.05) is 41.4 Å². The quantitative estimate of drug-likeness (QED) is 0.753. The number of morpholine rings is 1. The van der Waals surface area contributed by atoms with E-state index in [1.807, 2.05) is 30.3 Å². The Kier molecular flexibility index (Phi) is 6.31. The molecule has 116 valence electrons. The van der Waals surface area contributed by atoms with Gasteiger partial charge in [-0.05, 0) is 12.0 Å². The number of hydrogen-bond donors (Lipinski definition) is 1. The predicted octanol–water partition coefficient (Wildman–Crippen LogP) is 0.0878. The minimum absolute atomic E-state index is 0.176. The van der Waals surface area contributed by atoms with Crippen LogP contribution in [0.3, 0.4) is 0 Å². The summed E-state index contributed by atoms with van der Waals surface area (Å²) < 4.78 is 27.2. The molecule has 1 amide bonds. The van der Waals surface area contributed by atoms with Crippen molar-refractivity contribution < 1.29 is 18.3 Å². The third-order valence-corrected chi connectivity index (χ3v) is 3.99. The molecule has 0 spiro atoms. The van der Waals surface area contributed by atoms with Crippen LogP contribution in [0.2, 0.25) is 0 Å². The standard InChI is InChI=1S/C14H20N2O4S/c17-14(15-16-6-8-20-9-7-16)13(11-21(18)19)10-12-4-2-1-3-5-12/h1-5,13H,6-11H2,(H,15,17)(H,18,19)/p-1. The molecule has 0 aromatic heterocycles. The van der Waals surface area contributed by atoms with E-state index < -0.39 is 17.0 Å². The van der Waals surface area contributed by atoms with Gasteiger partial charge in [-0.15, -0.1) is 0 Å². The van der Waals surface area contributed by atoms with Crippen molar-refractivity contribution in [2.24, 2.45) is 5.92 Å². The van der Waals surface area contributed by atoms with E-state index >= 15 is 0 Å². The van der Waals surface area contributed by atoms with Gasteiger partial charge in [-0.25, -0.2) is 5.01 Å². The molecule has 1 aliphatic rings. The first-order valence-electron chi connectivity index (χ1n) is 6.88. The molecule has 7 heteroatoms. The molecule has 0 aliphatic carbocycles. The Bertz CT molecular complexity index is 477. The van der Waals surface area contributed by atoms with Gasteiger partial charge in [0.15, 0.2) is 0 Å². The van der Waals surface area contributed by atoms with Crippen molar-refractivity contribution in [2.75, 3.05) is 32.1 Å². The molecular formula is C14H19N2O4S-. The van der Waals surface area contributed by atoms with Gasteiger partial charge in [-0.3, -0.25) is 14.4 Å². The Labute approximate surface area is 126 Å². The molecular weight excluding hydrogens is 292 g/mol. The Balaban J connectivity index is 1.97. The summed E-state index contributed by atoms with van der Waals surface area (Å²) >= 11 is -2.25. The predicted molar refractivity (Wildman–Crippen MR) is 78.0 cm³/mol. The van der Waals surface area contributed by atoms with Crippen molar-refractivity contribution in [3.8, 4) is 0 Å². The van der Waals surface area contributed by atoms with Crippen LogP contribution in [-0.4, -0.2) is 51.7 Å². The zero-order valence-electron chi connectivity index (χ0n) is 11.7. The summed E-state index contributed by atoms with van der Waals surface area (Å²) in [4.78, 5) is 12.3. The molecule has 1 aromatic carbocycles. The van der Waals surface area contributed by atoms with Gasteiger partial charge < -0.3 is 9.29 Å². The molecule has 2 atom stereocenters. The highest BCUT2D eigenvalue weighted by Crippen LogP contribution is 2.11. The number of benzene rings is 1. The fourth-order valence-corrected chi connectivity index (χ4v) is 2.81. The number of hydrogen-bond acceptors (Lipinski definition) is 5. The molecule has 21 heavy (non-hydrogen) atoms. The Hall–Kier alpha value is -1.28. The number of nitrogens with zero attached hydrogens (tertiary/aromatic N) is 1. The van der Waals surface area contributed by atoms with Gasteiger partial charge in [-0.2, -0.15) is 0 Å². The second-order valence-electron chi connectivity index (χ2n) is 4.93. The van der Waals surface area contributed by atoms with Crippen LogP contribution in [0.15, 0.2) is 30.3 Å². The number of carbonyl (C=O) groups is 1. The topological polar surface area (TPSA) is 81.7 Å². The lowest BCUT2D eigenvalue weighted by Crippen LogP contribution is -2.51. The van der Waals surface area contributed by atoms with Crippen molar-refractivity contribution in [3.05, 3.63) is 35.9 Å². The minimum atomic E-state index is -2.25. The van der Waals surface area contributed by atoms with Crippen LogP contribution in [0.1, 0.15) is 5.56 Å². The number of rotatable bonds is 6. The zero-order valence-corrected chi connectivity index (χ0v) is 12.5.